The van der Waals surface area contributed by atoms with Gasteiger partial charge in [0.1, 0.15) is 0 Å². The number of hydrogen-bond donors (Lipinski definition) is 1. The lowest BCUT2D eigenvalue weighted by atomic mass is 9.77. The number of benzene rings is 1. The van der Waals surface area contributed by atoms with Crippen molar-refractivity contribution in [2.45, 2.75) is 33.1 Å². The van der Waals surface area contributed by atoms with Gasteiger partial charge >= 0.3 is 0 Å². The van der Waals surface area contributed by atoms with Gasteiger partial charge in [0.2, 0.25) is 0 Å². The van der Waals surface area contributed by atoms with E-state index in [1.54, 1.807) is 11.3 Å². The Morgan fingerprint density at radius 1 is 1.33 bits per heavy atom. The largest absolute Gasteiger partial charge is 0.398 e. The second-order valence-electron chi connectivity index (χ2n) is 5.89. The maximum atomic E-state index is 12.6. The standard InChI is InChI=1S/C15H17NOS/c1-15(2)7-6-11-9(8-15)14(17)13-10(16)4-3-5-12(13)18-11/h3-5H,6-8,16H2,1-2H3. The van der Waals surface area contributed by atoms with Gasteiger partial charge in [0.15, 0.2) is 5.43 Å². The predicted octanol–water partition coefficient (Wildman–Crippen LogP) is 3.36. The van der Waals surface area contributed by atoms with E-state index < -0.39 is 0 Å². The molecule has 1 heterocycles. The number of rotatable bonds is 0. The summed E-state index contributed by atoms with van der Waals surface area (Å²) >= 11 is 1.74. The van der Waals surface area contributed by atoms with Gasteiger partial charge in [-0.3, -0.25) is 4.79 Å². The fourth-order valence-corrected chi connectivity index (χ4v) is 3.96. The summed E-state index contributed by atoms with van der Waals surface area (Å²) in [7, 11) is 0. The number of nitrogen functional groups attached to an aromatic ring is 1. The van der Waals surface area contributed by atoms with E-state index in [0.717, 1.165) is 34.9 Å². The number of anilines is 1. The average molecular weight is 259 g/mol. The molecule has 1 aliphatic carbocycles. The third kappa shape index (κ3) is 1.74. The molecule has 0 spiro atoms. The molecule has 3 heteroatoms. The van der Waals surface area contributed by atoms with Gasteiger partial charge in [-0.25, -0.2) is 0 Å². The molecule has 0 atom stereocenters. The highest BCUT2D eigenvalue weighted by atomic mass is 32.1. The molecule has 2 aromatic rings. The summed E-state index contributed by atoms with van der Waals surface area (Å²) in [6.45, 7) is 4.47. The van der Waals surface area contributed by atoms with Crippen LogP contribution in [0.25, 0.3) is 10.1 Å². The van der Waals surface area contributed by atoms with Crippen LogP contribution in [-0.2, 0) is 12.8 Å². The SMILES string of the molecule is CC1(C)CCc2sc3cccc(N)c3c(=O)c2C1. The molecule has 2 N–H and O–H groups in total. The Bertz CT molecular complexity index is 685. The van der Waals surface area contributed by atoms with Gasteiger partial charge in [-0.05, 0) is 36.8 Å². The van der Waals surface area contributed by atoms with Crippen molar-refractivity contribution in [3.05, 3.63) is 38.9 Å². The molecule has 2 nitrogen and oxygen atoms in total. The van der Waals surface area contributed by atoms with Crippen LogP contribution >= 0.6 is 11.3 Å². The van der Waals surface area contributed by atoms with Gasteiger partial charge in [0.05, 0.1) is 5.39 Å². The van der Waals surface area contributed by atoms with Gasteiger partial charge in [0, 0.05) is 20.8 Å². The van der Waals surface area contributed by atoms with Gasteiger partial charge in [-0.2, -0.15) is 0 Å². The van der Waals surface area contributed by atoms with Crippen molar-refractivity contribution in [2.75, 3.05) is 5.73 Å². The fraction of sp³-hybridized carbons (Fsp3) is 0.400. The minimum atomic E-state index is 0.157. The normalized spacial score (nSPS) is 17.7. The first-order valence-electron chi connectivity index (χ1n) is 6.31. The maximum Gasteiger partial charge on any atom is 0.193 e. The summed E-state index contributed by atoms with van der Waals surface area (Å²) in [4.78, 5) is 13.9. The van der Waals surface area contributed by atoms with E-state index in [2.05, 4.69) is 13.8 Å². The third-order valence-corrected chi connectivity index (χ3v) is 5.07. The number of aryl methyl sites for hydroxylation is 1. The number of fused-ring (bicyclic) bond motifs is 2. The molecule has 0 unspecified atom stereocenters. The lowest BCUT2D eigenvalue weighted by Gasteiger charge is -2.30. The summed E-state index contributed by atoms with van der Waals surface area (Å²) in [5.74, 6) is 0. The first kappa shape index (κ1) is 11.7. The quantitative estimate of drug-likeness (QED) is 0.737. The van der Waals surface area contributed by atoms with Crippen molar-refractivity contribution < 1.29 is 0 Å². The van der Waals surface area contributed by atoms with Crippen LogP contribution < -0.4 is 11.2 Å². The Kier molecular flexibility index (Phi) is 2.49. The van der Waals surface area contributed by atoms with Crippen molar-refractivity contribution in [1.82, 2.24) is 0 Å². The smallest absolute Gasteiger partial charge is 0.193 e. The molecule has 0 radical (unpaired) electrons. The fourth-order valence-electron chi connectivity index (χ4n) is 2.75. The van der Waals surface area contributed by atoms with E-state index in [1.165, 1.54) is 4.88 Å². The van der Waals surface area contributed by atoms with Crippen LogP contribution in [0.2, 0.25) is 0 Å². The summed E-state index contributed by atoms with van der Waals surface area (Å²) in [5.41, 5.74) is 7.97. The van der Waals surface area contributed by atoms with Crippen LogP contribution in [0.4, 0.5) is 5.69 Å². The van der Waals surface area contributed by atoms with Crippen molar-refractivity contribution in [3.8, 4) is 0 Å². The monoisotopic (exact) mass is 259 g/mol. The molecular weight excluding hydrogens is 242 g/mol. The number of nitrogens with two attached hydrogens (primary N) is 1. The Balaban J connectivity index is 2.35. The Labute approximate surface area is 110 Å². The highest BCUT2D eigenvalue weighted by Gasteiger charge is 2.28. The molecule has 0 saturated heterocycles. The van der Waals surface area contributed by atoms with Gasteiger partial charge in [-0.15, -0.1) is 11.3 Å². The molecule has 3 rings (SSSR count). The first-order valence-corrected chi connectivity index (χ1v) is 7.13. The van der Waals surface area contributed by atoms with Crippen LogP contribution in [0.3, 0.4) is 0 Å². The minimum absolute atomic E-state index is 0.157. The zero-order valence-corrected chi connectivity index (χ0v) is 11.6. The van der Waals surface area contributed by atoms with Crippen molar-refractivity contribution >= 4 is 27.1 Å². The molecule has 1 aliphatic rings. The Morgan fingerprint density at radius 2 is 2.11 bits per heavy atom. The lowest BCUT2D eigenvalue weighted by molar-refractivity contribution is 0.317. The van der Waals surface area contributed by atoms with Gasteiger partial charge < -0.3 is 5.73 Å². The molecule has 18 heavy (non-hydrogen) atoms. The molecule has 0 amide bonds. The van der Waals surface area contributed by atoms with Crippen molar-refractivity contribution in [3.63, 3.8) is 0 Å². The second-order valence-corrected chi connectivity index (χ2v) is 7.03. The summed E-state index contributed by atoms with van der Waals surface area (Å²) in [6.07, 6.45) is 3.05. The second kappa shape index (κ2) is 3.82. The van der Waals surface area contributed by atoms with Crippen LogP contribution in [0.15, 0.2) is 23.0 Å². The topological polar surface area (TPSA) is 43.1 Å². The van der Waals surface area contributed by atoms with Crippen LogP contribution in [-0.4, -0.2) is 0 Å². The van der Waals surface area contributed by atoms with E-state index in [9.17, 15) is 4.79 Å². The highest BCUT2D eigenvalue weighted by Crippen LogP contribution is 2.37. The lowest BCUT2D eigenvalue weighted by Crippen LogP contribution is -2.27. The van der Waals surface area contributed by atoms with E-state index in [1.807, 2.05) is 18.2 Å². The molecule has 94 valence electrons. The molecule has 1 aromatic carbocycles. The Morgan fingerprint density at radius 3 is 2.89 bits per heavy atom. The highest BCUT2D eigenvalue weighted by molar-refractivity contribution is 7.18. The third-order valence-electron chi connectivity index (χ3n) is 3.81. The van der Waals surface area contributed by atoms with Crippen molar-refractivity contribution in [1.29, 1.82) is 0 Å². The molecule has 0 aliphatic heterocycles. The van der Waals surface area contributed by atoms with E-state index in [-0.39, 0.29) is 10.8 Å². The molecule has 0 bridgehead atoms. The molecular formula is C15H17NOS. The maximum absolute atomic E-state index is 12.6. The first-order chi connectivity index (χ1) is 8.48. The summed E-state index contributed by atoms with van der Waals surface area (Å²) in [6, 6.07) is 5.74. The van der Waals surface area contributed by atoms with Crippen LogP contribution in [0, 0.1) is 5.41 Å². The average Bonchev–Trinajstić information content (AvgIpc) is 2.30. The Hall–Kier alpha value is -1.35. The van der Waals surface area contributed by atoms with E-state index >= 15 is 0 Å². The zero-order valence-electron chi connectivity index (χ0n) is 10.7. The summed E-state index contributed by atoms with van der Waals surface area (Å²) in [5, 5.41) is 0.721. The zero-order chi connectivity index (χ0) is 12.9. The van der Waals surface area contributed by atoms with E-state index in [4.69, 9.17) is 5.73 Å². The predicted molar refractivity (Wildman–Crippen MR) is 78.3 cm³/mol. The number of hydrogen-bond acceptors (Lipinski definition) is 3. The molecule has 0 fully saturated rings. The van der Waals surface area contributed by atoms with Crippen LogP contribution in [0.1, 0.15) is 30.7 Å². The molecule has 0 saturated carbocycles. The van der Waals surface area contributed by atoms with Crippen LogP contribution in [0.5, 0.6) is 0 Å². The van der Waals surface area contributed by atoms with Gasteiger partial charge in [-0.1, -0.05) is 19.9 Å². The van der Waals surface area contributed by atoms with E-state index in [0.29, 0.717) is 5.69 Å². The minimum Gasteiger partial charge on any atom is -0.398 e. The molecule has 1 aromatic heterocycles. The van der Waals surface area contributed by atoms with Crippen molar-refractivity contribution in [2.24, 2.45) is 5.41 Å². The van der Waals surface area contributed by atoms with Gasteiger partial charge in [0.25, 0.3) is 0 Å². The summed E-state index contributed by atoms with van der Waals surface area (Å²) < 4.78 is 1.03.